The van der Waals surface area contributed by atoms with Crippen LogP contribution in [0.3, 0.4) is 0 Å². The van der Waals surface area contributed by atoms with Gasteiger partial charge in [0.05, 0.1) is 0 Å². The molecule has 0 aliphatic carbocycles. The number of hydrogen-bond donors (Lipinski definition) is 1. The molecule has 14 heavy (non-hydrogen) atoms. The summed E-state index contributed by atoms with van der Waals surface area (Å²) in [5.74, 6) is 0.678. The number of carbonyl (C=O) groups is 2. The average Bonchev–Trinajstić information content (AvgIpc) is 2.01. The second-order valence-electron chi connectivity index (χ2n) is 4.79. The standard InChI is InChI=1S/C11H19NO2/c1-6(2)8-5-9(13)12-11(14)10(8)7(3)4/h6-8,10H,5H2,1-4H3,(H,12,13,14). The third-order valence-electron chi connectivity index (χ3n) is 3.02. The van der Waals surface area contributed by atoms with Crippen molar-refractivity contribution in [2.45, 2.75) is 34.1 Å². The first kappa shape index (κ1) is 11.2. The highest BCUT2D eigenvalue weighted by Gasteiger charge is 2.38. The lowest BCUT2D eigenvalue weighted by Crippen LogP contribution is -2.49. The minimum atomic E-state index is -0.120. The Morgan fingerprint density at radius 2 is 1.71 bits per heavy atom. The van der Waals surface area contributed by atoms with Gasteiger partial charge in [-0.25, -0.2) is 0 Å². The van der Waals surface area contributed by atoms with Crippen LogP contribution in [0.15, 0.2) is 0 Å². The molecule has 1 heterocycles. The summed E-state index contributed by atoms with van der Waals surface area (Å²) in [6.07, 6.45) is 0.492. The first-order chi connectivity index (χ1) is 6.43. The van der Waals surface area contributed by atoms with Crippen LogP contribution in [-0.2, 0) is 9.59 Å². The number of rotatable bonds is 2. The minimum absolute atomic E-state index is 0.00676. The number of piperidine rings is 1. The van der Waals surface area contributed by atoms with Crippen LogP contribution >= 0.6 is 0 Å². The van der Waals surface area contributed by atoms with Crippen molar-refractivity contribution in [2.75, 3.05) is 0 Å². The Bertz CT molecular complexity index is 246. The lowest BCUT2D eigenvalue weighted by Gasteiger charge is -2.35. The summed E-state index contributed by atoms with van der Waals surface area (Å²) in [6, 6.07) is 0. The fourth-order valence-electron chi connectivity index (χ4n) is 2.25. The van der Waals surface area contributed by atoms with Gasteiger partial charge in [-0.05, 0) is 17.8 Å². The van der Waals surface area contributed by atoms with Crippen LogP contribution < -0.4 is 5.32 Å². The highest BCUT2D eigenvalue weighted by atomic mass is 16.2. The van der Waals surface area contributed by atoms with Crippen LogP contribution in [0.1, 0.15) is 34.1 Å². The molecule has 2 atom stereocenters. The van der Waals surface area contributed by atoms with Crippen molar-refractivity contribution in [1.29, 1.82) is 0 Å². The molecule has 0 radical (unpaired) electrons. The van der Waals surface area contributed by atoms with Crippen LogP contribution in [-0.4, -0.2) is 11.8 Å². The molecule has 0 saturated carbocycles. The zero-order valence-electron chi connectivity index (χ0n) is 9.33. The van der Waals surface area contributed by atoms with Gasteiger partial charge in [0.15, 0.2) is 0 Å². The predicted octanol–water partition coefficient (Wildman–Crippen LogP) is 1.58. The molecule has 0 aromatic heterocycles. The van der Waals surface area contributed by atoms with E-state index in [1.807, 2.05) is 13.8 Å². The molecule has 0 spiro atoms. The normalized spacial score (nSPS) is 28.4. The molecule has 1 aliphatic heterocycles. The first-order valence-electron chi connectivity index (χ1n) is 5.27. The van der Waals surface area contributed by atoms with E-state index in [4.69, 9.17) is 0 Å². The van der Waals surface area contributed by atoms with E-state index in [2.05, 4.69) is 19.2 Å². The predicted molar refractivity (Wildman–Crippen MR) is 54.4 cm³/mol. The van der Waals surface area contributed by atoms with Gasteiger partial charge in [0, 0.05) is 12.3 Å². The lowest BCUT2D eigenvalue weighted by molar-refractivity contribution is -0.141. The number of carbonyl (C=O) groups excluding carboxylic acids is 2. The van der Waals surface area contributed by atoms with Crippen molar-refractivity contribution in [3.8, 4) is 0 Å². The molecule has 0 aromatic rings. The van der Waals surface area contributed by atoms with Crippen LogP contribution in [0.2, 0.25) is 0 Å². The van der Waals surface area contributed by atoms with E-state index in [1.54, 1.807) is 0 Å². The molecule has 2 unspecified atom stereocenters. The smallest absolute Gasteiger partial charge is 0.230 e. The fourth-order valence-corrected chi connectivity index (χ4v) is 2.25. The van der Waals surface area contributed by atoms with Crippen molar-refractivity contribution in [2.24, 2.45) is 23.7 Å². The molecular formula is C11H19NO2. The Morgan fingerprint density at radius 3 is 2.14 bits per heavy atom. The minimum Gasteiger partial charge on any atom is -0.296 e. The Morgan fingerprint density at radius 1 is 1.14 bits per heavy atom. The zero-order valence-corrected chi connectivity index (χ0v) is 9.33. The molecule has 1 saturated heterocycles. The number of hydrogen-bond acceptors (Lipinski definition) is 2. The van der Waals surface area contributed by atoms with Gasteiger partial charge in [-0.15, -0.1) is 0 Å². The molecule has 3 heteroatoms. The van der Waals surface area contributed by atoms with E-state index in [1.165, 1.54) is 0 Å². The van der Waals surface area contributed by atoms with Gasteiger partial charge in [-0.2, -0.15) is 0 Å². The van der Waals surface area contributed by atoms with Gasteiger partial charge in [-0.3, -0.25) is 14.9 Å². The summed E-state index contributed by atoms with van der Waals surface area (Å²) in [4.78, 5) is 22.9. The van der Waals surface area contributed by atoms with E-state index in [9.17, 15) is 9.59 Å². The molecule has 1 rings (SSSR count). The molecule has 0 aromatic carbocycles. The molecular weight excluding hydrogens is 178 g/mol. The molecule has 3 nitrogen and oxygen atoms in total. The summed E-state index contributed by atoms with van der Waals surface area (Å²) in [7, 11) is 0. The zero-order chi connectivity index (χ0) is 10.9. The maximum Gasteiger partial charge on any atom is 0.230 e. The molecule has 1 fully saturated rings. The quantitative estimate of drug-likeness (QED) is 0.683. The van der Waals surface area contributed by atoms with Gasteiger partial charge in [-0.1, -0.05) is 27.7 Å². The third kappa shape index (κ3) is 2.14. The van der Waals surface area contributed by atoms with Crippen molar-refractivity contribution >= 4 is 11.8 Å². The first-order valence-corrected chi connectivity index (χ1v) is 5.27. The Kier molecular flexibility index (Phi) is 3.29. The molecule has 1 aliphatic rings. The van der Waals surface area contributed by atoms with Gasteiger partial charge >= 0.3 is 0 Å². The van der Waals surface area contributed by atoms with E-state index in [0.717, 1.165) is 0 Å². The van der Waals surface area contributed by atoms with Crippen LogP contribution in [0.25, 0.3) is 0 Å². The maximum absolute atomic E-state index is 11.6. The average molecular weight is 197 g/mol. The second kappa shape index (κ2) is 4.11. The van der Waals surface area contributed by atoms with E-state index in [0.29, 0.717) is 18.3 Å². The van der Waals surface area contributed by atoms with Crippen molar-refractivity contribution in [1.82, 2.24) is 5.32 Å². The maximum atomic E-state index is 11.6. The molecule has 0 bridgehead atoms. The van der Waals surface area contributed by atoms with E-state index in [-0.39, 0.29) is 23.7 Å². The highest BCUT2D eigenvalue weighted by Crippen LogP contribution is 2.32. The highest BCUT2D eigenvalue weighted by molar-refractivity contribution is 5.99. The van der Waals surface area contributed by atoms with Crippen LogP contribution in [0.4, 0.5) is 0 Å². The molecule has 1 N–H and O–H groups in total. The topological polar surface area (TPSA) is 46.2 Å². The Balaban J connectivity index is 2.86. The Labute approximate surface area is 85.3 Å². The Hall–Kier alpha value is -0.860. The number of imide groups is 1. The summed E-state index contributed by atoms with van der Waals surface area (Å²) in [5.41, 5.74) is 0. The molecule has 2 amide bonds. The summed E-state index contributed by atoms with van der Waals surface area (Å²) in [6.45, 7) is 8.22. The van der Waals surface area contributed by atoms with Gasteiger partial charge in [0.25, 0.3) is 0 Å². The SMILES string of the molecule is CC(C)C1CC(=O)NC(=O)C1C(C)C. The van der Waals surface area contributed by atoms with Crippen molar-refractivity contribution in [3.05, 3.63) is 0 Å². The van der Waals surface area contributed by atoms with Crippen molar-refractivity contribution < 1.29 is 9.59 Å². The largest absolute Gasteiger partial charge is 0.296 e. The summed E-state index contributed by atoms with van der Waals surface area (Å²) in [5, 5.41) is 2.42. The molecule has 80 valence electrons. The van der Waals surface area contributed by atoms with E-state index >= 15 is 0 Å². The lowest BCUT2D eigenvalue weighted by atomic mass is 9.73. The van der Waals surface area contributed by atoms with Gasteiger partial charge in [0.1, 0.15) is 0 Å². The van der Waals surface area contributed by atoms with Gasteiger partial charge in [0.2, 0.25) is 11.8 Å². The fraction of sp³-hybridized carbons (Fsp3) is 0.818. The number of amides is 2. The summed E-state index contributed by atoms with van der Waals surface area (Å²) >= 11 is 0. The van der Waals surface area contributed by atoms with E-state index < -0.39 is 0 Å². The van der Waals surface area contributed by atoms with Gasteiger partial charge < -0.3 is 0 Å². The second-order valence-corrected chi connectivity index (χ2v) is 4.79. The summed E-state index contributed by atoms with van der Waals surface area (Å²) < 4.78 is 0. The van der Waals surface area contributed by atoms with Crippen molar-refractivity contribution in [3.63, 3.8) is 0 Å². The monoisotopic (exact) mass is 197 g/mol. The van der Waals surface area contributed by atoms with Crippen LogP contribution in [0.5, 0.6) is 0 Å². The van der Waals surface area contributed by atoms with Crippen LogP contribution in [0, 0.1) is 23.7 Å². The third-order valence-corrected chi connectivity index (χ3v) is 3.02. The number of nitrogens with one attached hydrogen (secondary N) is 1.